The fourth-order valence-corrected chi connectivity index (χ4v) is 3.11. The third-order valence-corrected chi connectivity index (χ3v) is 4.64. The summed E-state index contributed by atoms with van der Waals surface area (Å²) in [6.07, 6.45) is 5.27. The zero-order valence-corrected chi connectivity index (χ0v) is 15.6. The van der Waals surface area contributed by atoms with Gasteiger partial charge in [0.05, 0.1) is 18.1 Å². The van der Waals surface area contributed by atoms with Gasteiger partial charge in [-0.1, -0.05) is 6.92 Å². The number of likely N-dealkylation sites (N-methyl/N-ethyl adjacent to an activating group) is 1. The second-order valence-corrected chi connectivity index (χ2v) is 6.71. The third-order valence-electron chi connectivity index (χ3n) is 4.64. The molecule has 2 aromatic heterocycles. The minimum Gasteiger partial charge on any atom is -0.338 e. The SMILES string of the molecule is CCCNC(=O)Nc1ncnc2c1cnn2CCN1CCCN(C)CC1. The maximum absolute atomic E-state index is 11.9. The maximum Gasteiger partial charge on any atom is 0.320 e. The van der Waals surface area contributed by atoms with Gasteiger partial charge in [0.25, 0.3) is 0 Å². The Labute approximate surface area is 153 Å². The van der Waals surface area contributed by atoms with Crippen LogP contribution in [-0.2, 0) is 6.54 Å². The molecule has 3 heterocycles. The monoisotopic (exact) mass is 360 g/mol. The van der Waals surface area contributed by atoms with Crippen molar-refractivity contribution in [2.45, 2.75) is 26.3 Å². The van der Waals surface area contributed by atoms with Crippen LogP contribution < -0.4 is 10.6 Å². The summed E-state index contributed by atoms with van der Waals surface area (Å²) in [5.74, 6) is 0.492. The summed E-state index contributed by atoms with van der Waals surface area (Å²) >= 11 is 0. The Kier molecular flexibility index (Phi) is 6.35. The van der Waals surface area contributed by atoms with E-state index in [1.807, 2.05) is 11.6 Å². The van der Waals surface area contributed by atoms with Crippen LogP contribution >= 0.6 is 0 Å². The molecule has 142 valence electrons. The zero-order valence-electron chi connectivity index (χ0n) is 15.6. The third kappa shape index (κ3) is 4.67. The van der Waals surface area contributed by atoms with Gasteiger partial charge < -0.3 is 15.1 Å². The maximum atomic E-state index is 11.9. The van der Waals surface area contributed by atoms with E-state index in [9.17, 15) is 4.79 Å². The van der Waals surface area contributed by atoms with Gasteiger partial charge in [-0.2, -0.15) is 5.10 Å². The molecule has 0 atom stereocenters. The highest BCUT2D eigenvalue weighted by Gasteiger charge is 2.15. The molecular formula is C17H28N8O. The first kappa shape index (κ1) is 18.5. The van der Waals surface area contributed by atoms with Crippen LogP contribution in [0.5, 0.6) is 0 Å². The summed E-state index contributed by atoms with van der Waals surface area (Å²) in [6, 6.07) is -0.256. The van der Waals surface area contributed by atoms with Crippen LogP contribution in [0.1, 0.15) is 19.8 Å². The molecule has 2 aromatic rings. The Morgan fingerprint density at radius 1 is 1.19 bits per heavy atom. The van der Waals surface area contributed by atoms with Crippen LogP contribution in [0.15, 0.2) is 12.5 Å². The smallest absolute Gasteiger partial charge is 0.320 e. The normalized spacial score (nSPS) is 16.5. The van der Waals surface area contributed by atoms with E-state index in [0.29, 0.717) is 12.4 Å². The summed E-state index contributed by atoms with van der Waals surface area (Å²) in [4.78, 5) is 25.3. The average Bonchev–Trinajstić information content (AvgIpc) is 2.94. The van der Waals surface area contributed by atoms with E-state index in [4.69, 9.17) is 0 Å². The van der Waals surface area contributed by atoms with Crippen molar-refractivity contribution in [2.75, 3.05) is 51.6 Å². The molecule has 0 bridgehead atoms. The molecule has 0 saturated carbocycles. The van der Waals surface area contributed by atoms with Crippen molar-refractivity contribution >= 4 is 22.9 Å². The molecule has 0 spiro atoms. The van der Waals surface area contributed by atoms with Crippen molar-refractivity contribution in [3.05, 3.63) is 12.5 Å². The van der Waals surface area contributed by atoms with E-state index in [0.717, 1.165) is 56.7 Å². The van der Waals surface area contributed by atoms with Crippen LogP contribution in [0.25, 0.3) is 11.0 Å². The van der Waals surface area contributed by atoms with E-state index < -0.39 is 0 Å². The van der Waals surface area contributed by atoms with Crippen LogP contribution in [0.4, 0.5) is 10.6 Å². The topological polar surface area (TPSA) is 91.2 Å². The molecule has 9 nitrogen and oxygen atoms in total. The molecule has 0 unspecified atom stereocenters. The molecule has 3 rings (SSSR count). The van der Waals surface area contributed by atoms with Crippen molar-refractivity contribution < 1.29 is 4.79 Å². The summed E-state index contributed by atoms with van der Waals surface area (Å²) in [7, 11) is 2.17. The number of fused-ring (bicyclic) bond motifs is 1. The number of nitrogens with one attached hydrogen (secondary N) is 2. The van der Waals surface area contributed by atoms with Gasteiger partial charge in [0.15, 0.2) is 5.65 Å². The fourth-order valence-electron chi connectivity index (χ4n) is 3.11. The van der Waals surface area contributed by atoms with E-state index in [1.165, 1.54) is 12.7 Å². The van der Waals surface area contributed by atoms with Gasteiger partial charge in [0.2, 0.25) is 0 Å². The van der Waals surface area contributed by atoms with Gasteiger partial charge in [-0.15, -0.1) is 0 Å². The Morgan fingerprint density at radius 2 is 2.08 bits per heavy atom. The highest BCUT2D eigenvalue weighted by molar-refractivity contribution is 5.97. The molecule has 2 amide bonds. The predicted octanol–water partition coefficient (Wildman–Crippen LogP) is 0.995. The van der Waals surface area contributed by atoms with Gasteiger partial charge in [-0.05, 0) is 33.0 Å². The molecule has 1 aliphatic heterocycles. The average molecular weight is 360 g/mol. The van der Waals surface area contributed by atoms with Crippen LogP contribution in [0.3, 0.4) is 0 Å². The lowest BCUT2D eigenvalue weighted by molar-refractivity contribution is 0.252. The highest BCUT2D eigenvalue weighted by Crippen LogP contribution is 2.18. The van der Waals surface area contributed by atoms with Gasteiger partial charge in [0, 0.05) is 26.2 Å². The summed E-state index contributed by atoms with van der Waals surface area (Å²) in [5.41, 5.74) is 0.748. The number of aromatic nitrogens is 4. The number of amides is 2. The predicted molar refractivity (Wildman–Crippen MR) is 101 cm³/mol. The van der Waals surface area contributed by atoms with Gasteiger partial charge in [-0.25, -0.2) is 19.4 Å². The van der Waals surface area contributed by atoms with Gasteiger partial charge in [-0.3, -0.25) is 5.32 Å². The van der Waals surface area contributed by atoms with Crippen molar-refractivity contribution in [1.29, 1.82) is 0 Å². The van der Waals surface area contributed by atoms with Crippen LogP contribution in [0.2, 0.25) is 0 Å². The number of anilines is 1. The number of carbonyl (C=O) groups excluding carboxylic acids is 1. The first-order valence-corrected chi connectivity index (χ1v) is 9.29. The minimum atomic E-state index is -0.256. The Morgan fingerprint density at radius 3 is 2.92 bits per heavy atom. The summed E-state index contributed by atoms with van der Waals surface area (Å²) in [5, 5.41) is 10.8. The second-order valence-electron chi connectivity index (χ2n) is 6.71. The summed E-state index contributed by atoms with van der Waals surface area (Å²) < 4.78 is 1.89. The lowest BCUT2D eigenvalue weighted by Gasteiger charge is -2.19. The molecule has 1 fully saturated rings. The first-order valence-electron chi connectivity index (χ1n) is 9.29. The van der Waals surface area contributed by atoms with Gasteiger partial charge >= 0.3 is 6.03 Å². The number of hydrogen-bond acceptors (Lipinski definition) is 6. The van der Waals surface area contributed by atoms with Crippen molar-refractivity contribution in [1.82, 2.24) is 34.9 Å². The Bertz CT molecular complexity index is 731. The molecule has 1 saturated heterocycles. The van der Waals surface area contributed by atoms with E-state index in [2.05, 4.69) is 42.5 Å². The zero-order chi connectivity index (χ0) is 18.4. The van der Waals surface area contributed by atoms with Gasteiger partial charge in [0.1, 0.15) is 12.1 Å². The van der Waals surface area contributed by atoms with Crippen LogP contribution in [-0.4, -0.2) is 81.9 Å². The number of carbonyl (C=O) groups is 1. The molecule has 26 heavy (non-hydrogen) atoms. The fraction of sp³-hybridized carbons (Fsp3) is 0.647. The molecule has 9 heteroatoms. The number of rotatable bonds is 6. The summed E-state index contributed by atoms with van der Waals surface area (Å²) in [6.45, 7) is 8.80. The van der Waals surface area contributed by atoms with E-state index >= 15 is 0 Å². The lowest BCUT2D eigenvalue weighted by atomic mass is 10.3. The standard InChI is InChI=1S/C17H28N8O/c1-3-5-18-17(26)22-15-14-12-21-25(16(14)20-13-19-15)11-10-24-7-4-6-23(2)8-9-24/h12-13H,3-11H2,1-2H3,(H2,18,19,20,22,26). The molecular weight excluding hydrogens is 332 g/mol. The van der Waals surface area contributed by atoms with E-state index in [1.54, 1.807) is 6.20 Å². The molecule has 0 aliphatic carbocycles. The van der Waals surface area contributed by atoms with Crippen molar-refractivity contribution in [3.63, 3.8) is 0 Å². The Balaban J connectivity index is 1.65. The number of urea groups is 1. The lowest BCUT2D eigenvalue weighted by Crippen LogP contribution is -2.31. The Hall–Kier alpha value is -2.26. The van der Waals surface area contributed by atoms with E-state index in [-0.39, 0.29) is 6.03 Å². The molecule has 0 radical (unpaired) electrons. The quantitative estimate of drug-likeness (QED) is 0.798. The minimum absolute atomic E-state index is 0.256. The molecule has 1 aliphatic rings. The van der Waals surface area contributed by atoms with Crippen molar-refractivity contribution in [2.24, 2.45) is 0 Å². The molecule has 0 aromatic carbocycles. The van der Waals surface area contributed by atoms with Crippen molar-refractivity contribution in [3.8, 4) is 0 Å². The molecule has 2 N–H and O–H groups in total. The second kappa shape index (κ2) is 8.91. The number of hydrogen-bond donors (Lipinski definition) is 2. The largest absolute Gasteiger partial charge is 0.338 e. The highest BCUT2D eigenvalue weighted by atomic mass is 16.2. The number of nitrogens with zero attached hydrogens (tertiary/aromatic N) is 6. The van der Waals surface area contributed by atoms with Crippen LogP contribution in [0, 0.1) is 0 Å². The first-order chi connectivity index (χ1) is 12.7.